The summed E-state index contributed by atoms with van der Waals surface area (Å²) in [7, 11) is -2.45. The van der Waals surface area contributed by atoms with Crippen LogP contribution in [0.3, 0.4) is 0 Å². The van der Waals surface area contributed by atoms with Gasteiger partial charge >= 0.3 is 6.09 Å². The average molecular weight is 620 g/mol. The maximum atomic E-state index is 13.9. The average Bonchev–Trinajstić information content (AvgIpc) is 3.46. The summed E-state index contributed by atoms with van der Waals surface area (Å²) < 4.78 is 37.7. The standard InChI is InChI=1S/C31H33N5O7S/c1-22-10-13-25(14-11-22)44(40,41)43-18-6-9-26-30(38)36(17-16-35(26)31(39)42-21-23-7-4-3-5-8-23)28-20-34-19-24(29(37)32-2)12-15-27(34)33-28/h3-5,7-8,10-15,19-20,26H,6,9,16-18,21H2,1-2H3,(H,32,37). The third-order valence-electron chi connectivity index (χ3n) is 7.31. The number of ether oxygens (including phenoxy) is 1. The van der Waals surface area contributed by atoms with Crippen LogP contribution < -0.4 is 10.2 Å². The van der Waals surface area contributed by atoms with E-state index < -0.39 is 22.3 Å². The van der Waals surface area contributed by atoms with Crippen molar-refractivity contribution in [2.24, 2.45) is 0 Å². The molecule has 5 rings (SSSR count). The van der Waals surface area contributed by atoms with Crippen molar-refractivity contribution in [3.63, 3.8) is 0 Å². The molecule has 1 N–H and O–H groups in total. The smallest absolute Gasteiger partial charge is 0.410 e. The number of imidazole rings is 1. The lowest BCUT2D eigenvalue weighted by Crippen LogP contribution is -2.59. The molecule has 0 radical (unpaired) electrons. The van der Waals surface area contributed by atoms with Crippen LogP contribution in [0.15, 0.2) is 84.0 Å². The Morgan fingerprint density at radius 2 is 1.75 bits per heavy atom. The Morgan fingerprint density at radius 3 is 2.48 bits per heavy atom. The number of nitrogens with one attached hydrogen (secondary N) is 1. The molecular weight excluding hydrogens is 586 g/mol. The second-order valence-corrected chi connectivity index (χ2v) is 11.9. The molecule has 13 heteroatoms. The number of aromatic nitrogens is 2. The number of benzene rings is 2. The first-order chi connectivity index (χ1) is 21.2. The third-order valence-corrected chi connectivity index (χ3v) is 8.63. The number of piperazine rings is 1. The van der Waals surface area contributed by atoms with Crippen LogP contribution in [0.25, 0.3) is 5.65 Å². The molecule has 1 atom stereocenters. The lowest BCUT2D eigenvalue weighted by atomic mass is 10.1. The molecule has 44 heavy (non-hydrogen) atoms. The highest BCUT2D eigenvalue weighted by Crippen LogP contribution is 2.24. The topological polar surface area (TPSA) is 140 Å². The first kappa shape index (κ1) is 30.7. The van der Waals surface area contributed by atoms with Gasteiger partial charge in [0.15, 0.2) is 5.82 Å². The Kier molecular flexibility index (Phi) is 9.26. The SMILES string of the molecule is CNC(=O)c1ccc2nc(N3CCN(C(=O)OCc4ccccc4)C(CCCOS(=O)(=O)c4ccc(C)cc4)C3=O)cn2c1. The maximum absolute atomic E-state index is 13.9. The maximum Gasteiger partial charge on any atom is 0.410 e. The van der Waals surface area contributed by atoms with Gasteiger partial charge in [0.1, 0.15) is 18.3 Å². The van der Waals surface area contributed by atoms with Gasteiger partial charge < -0.3 is 14.5 Å². The van der Waals surface area contributed by atoms with Gasteiger partial charge in [-0.3, -0.25) is 23.6 Å². The number of fused-ring (bicyclic) bond motifs is 1. The molecule has 0 saturated carbocycles. The van der Waals surface area contributed by atoms with Crippen LogP contribution in [0, 0.1) is 6.92 Å². The zero-order valence-corrected chi connectivity index (χ0v) is 25.2. The Morgan fingerprint density at radius 1 is 1.00 bits per heavy atom. The van der Waals surface area contributed by atoms with Crippen molar-refractivity contribution < 1.29 is 31.7 Å². The summed E-state index contributed by atoms with van der Waals surface area (Å²) in [6.45, 7) is 2.05. The van der Waals surface area contributed by atoms with Crippen molar-refractivity contribution in [1.29, 1.82) is 0 Å². The Hall–Kier alpha value is -4.75. The number of pyridine rings is 1. The zero-order valence-electron chi connectivity index (χ0n) is 24.4. The Labute approximate surface area is 255 Å². The molecule has 1 aliphatic rings. The molecule has 12 nitrogen and oxygen atoms in total. The number of rotatable bonds is 10. The van der Waals surface area contributed by atoms with Gasteiger partial charge in [-0.05, 0) is 49.6 Å². The molecule has 0 aliphatic carbocycles. The molecule has 230 valence electrons. The van der Waals surface area contributed by atoms with Gasteiger partial charge in [-0.1, -0.05) is 48.0 Å². The van der Waals surface area contributed by atoms with Crippen LogP contribution in [0.5, 0.6) is 0 Å². The predicted octanol–water partition coefficient (Wildman–Crippen LogP) is 3.54. The normalized spacial score (nSPS) is 15.4. The quantitative estimate of drug-likeness (QED) is 0.210. The fourth-order valence-corrected chi connectivity index (χ4v) is 5.86. The zero-order chi connectivity index (χ0) is 31.3. The van der Waals surface area contributed by atoms with Gasteiger partial charge in [0, 0.05) is 26.3 Å². The van der Waals surface area contributed by atoms with Crippen molar-refractivity contribution >= 4 is 39.5 Å². The van der Waals surface area contributed by atoms with Gasteiger partial charge in [-0.2, -0.15) is 8.42 Å². The Balaban J connectivity index is 1.31. The van der Waals surface area contributed by atoms with E-state index in [0.717, 1.165) is 11.1 Å². The minimum Gasteiger partial charge on any atom is -0.445 e. The molecule has 1 aliphatic heterocycles. The number of hydrogen-bond acceptors (Lipinski definition) is 8. The van der Waals surface area contributed by atoms with Crippen LogP contribution in [0.2, 0.25) is 0 Å². The van der Waals surface area contributed by atoms with Crippen molar-refractivity contribution in [2.45, 2.75) is 37.3 Å². The number of carbonyl (C=O) groups excluding carboxylic acids is 3. The summed E-state index contributed by atoms with van der Waals surface area (Å²) in [4.78, 5) is 46.6. The fraction of sp³-hybridized carbons (Fsp3) is 0.290. The highest BCUT2D eigenvalue weighted by atomic mass is 32.2. The number of nitrogens with zero attached hydrogens (tertiary/aromatic N) is 4. The van der Waals surface area contributed by atoms with Gasteiger partial charge in [0.05, 0.1) is 23.3 Å². The number of anilines is 1. The van der Waals surface area contributed by atoms with Crippen LogP contribution >= 0.6 is 0 Å². The summed E-state index contributed by atoms with van der Waals surface area (Å²) in [6, 6.07) is 17.9. The van der Waals surface area contributed by atoms with Crippen LogP contribution in [0.1, 0.15) is 34.3 Å². The molecule has 3 amide bonds. The molecule has 1 saturated heterocycles. The highest BCUT2D eigenvalue weighted by molar-refractivity contribution is 7.86. The molecular formula is C31H33N5O7S. The summed E-state index contributed by atoms with van der Waals surface area (Å²) in [5.74, 6) is -0.277. The van der Waals surface area contributed by atoms with E-state index in [0.29, 0.717) is 17.0 Å². The lowest BCUT2D eigenvalue weighted by Gasteiger charge is -2.39. The summed E-state index contributed by atoms with van der Waals surface area (Å²) in [6.07, 6.45) is 2.93. The van der Waals surface area contributed by atoms with E-state index in [1.54, 1.807) is 41.1 Å². The van der Waals surface area contributed by atoms with E-state index in [4.69, 9.17) is 8.92 Å². The van der Waals surface area contributed by atoms with E-state index in [9.17, 15) is 22.8 Å². The van der Waals surface area contributed by atoms with Crippen LogP contribution in [-0.4, -0.2) is 73.4 Å². The monoisotopic (exact) mass is 619 g/mol. The first-order valence-electron chi connectivity index (χ1n) is 14.1. The summed E-state index contributed by atoms with van der Waals surface area (Å²) >= 11 is 0. The fourth-order valence-electron chi connectivity index (χ4n) is 4.92. The largest absolute Gasteiger partial charge is 0.445 e. The number of carbonyl (C=O) groups is 3. The summed E-state index contributed by atoms with van der Waals surface area (Å²) in [5.41, 5.74) is 2.69. The first-order valence-corrected chi connectivity index (χ1v) is 15.5. The van der Waals surface area contributed by atoms with Gasteiger partial charge in [-0.25, -0.2) is 9.78 Å². The molecule has 3 heterocycles. The minimum absolute atomic E-state index is 0.0405. The van der Waals surface area contributed by atoms with Crippen LogP contribution in [0.4, 0.5) is 10.6 Å². The van der Waals surface area contributed by atoms with Crippen molar-refractivity contribution in [3.8, 4) is 0 Å². The number of aryl methyl sites for hydroxylation is 1. The molecule has 1 unspecified atom stereocenters. The molecule has 4 aromatic rings. The molecule has 2 aromatic heterocycles. The van der Waals surface area contributed by atoms with E-state index >= 15 is 0 Å². The van der Waals surface area contributed by atoms with E-state index in [1.165, 1.54) is 29.0 Å². The predicted molar refractivity (Wildman–Crippen MR) is 162 cm³/mol. The Bertz CT molecular complexity index is 1760. The van der Waals surface area contributed by atoms with Gasteiger partial charge in [0.2, 0.25) is 0 Å². The summed E-state index contributed by atoms with van der Waals surface area (Å²) in [5, 5.41) is 2.58. The van der Waals surface area contributed by atoms with E-state index in [1.807, 2.05) is 37.3 Å². The van der Waals surface area contributed by atoms with Crippen LogP contribution in [-0.2, 0) is 30.4 Å². The second-order valence-electron chi connectivity index (χ2n) is 10.3. The number of amides is 3. The van der Waals surface area contributed by atoms with Crippen molar-refractivity contribution in [1.82, 2.24) is 19.6 Å². The molecule has 1 fully saturated rings. The van der Waals surface area contributed by atoms with Crippen molar-refractivity contribution in [2.75, 3.05) is 31.6 Å². The molecule has 0 bridgehead atoms. The van der Waals surface area contributed by atoms with Gasteiger partial charge in [0.25, 0.3) is 21.9 Å². The van der Waals surface area contributed by atoms with E-state index in [-0.39, 0.29) is 55.9 Å². The lowest BCUT2D eigenvalue weighted by molar-refractivity contribution is -0.125. The van der Waals surface area contributed by atoms with Crippen molar-refractivity contribution in [3.05, 3.63) is 95.8 Å². The third kappa shape index (κ3) is 6.90. The second kappa shape index (κ2) is 13.3. The molecule has 2 aromatic carbocycles. The minimum atomic E-state index is -3.98. The van der Waals surface area contributed by atoms with Gasteiger partial charge in [-0.15, -0.1) is 0 Å². The number of hydrogen-bond donors (Lipinski definition) is 1. The molecule has 0 spiro atoms. The van der Waals surface area contributed by atoms with E-state index in [2.05, 4.69) is 10.3 Å². The highest BCUT2D eigenvalue weighted by Gasteiger charge is 2.39.